The first-order valence-electron chi connectivity index (χ1n) is 7.02. The van der Waals surface area contributed by atoms with Crippen LogP contribution in [0.15, 0.2) is 0 Å². The van der Waals surface area contributed by atoms with Crippen LogP contribution in [-0.2, 0) is 18.9 Å². The molecule has 0 saturated heterocycles. The zero-order valence-corrected chi connectivity index (χ0v) is 12.7. The van der Waals surface area contributed by atoms with E-state index in [1.54, 1.807) is 6.92 Å². The molecule has 0 bridgehead atoms. The molecule has 7 nitrogen and oxygen atoms in total. The minimum Gasteiger partial charge on any atom is -0.378 e. The van der Waals surface area contributed by atoms with Gasteiger partial charge >= 0.3 is 0 Å². The third-order valence-corrected chi connectivity index (χ3v) is 2.25. The predicted octanol–water partition coefficient (Wildman–Crippen LogP) is -0.141. The lowest BCUT2D eigenvalue weighted by Crippen LogP contribution is -2.24. The SMILES string of the molecule is CNCCOCCOCCOCCOCCNC(C)=N. The van der Waals surface area contributed by atoms with Gasteiger partial charge in [-0.15, -0.1) is 0 Å². The summed E-state index contributed by atoms with van der Waals surface area (Å²) in [6.07, 6.45) is 0. The van der Waals surface area contributed by atoms with Crippen LogP contribution in [0.25, 0.3) is 0 Å². The largest absolute Gasteiger partial charge is 0.378 e. The molecule has 3 N–H and O–H groups in total. The lowest BCUT2D eigenvalue weighted by atomic mass is 10.6. The lowest BCUT2D eigenvalue weighted by molar-refractivity contribution is -0.000760. The van der Waals surface area contributed by atoms with Gasteiger partial charge in [0, 0.05) is 13.1 Å². The maximum absolute atomic E-state index is 7.15. The summed E-state index contributed by atoms with van der Waals surface area (Å²) in [6, 6.07) is 0. The van der Waals surface area contributed by atoms with Crippen LogP contribution >= 0.6 is 0 Å². The van der Waals surface area contributed by atoms with Crippen molar-refractivity contribution in [3.8, 4) is 0 Å². The zero-order valence-electron chi connectivity index (χ0n) is 12.7. The third kappa shape index (κ3) is 17.3. The normalized spacial score (nSPS) is 10.7. The Morgan fingerprint density at radius 3 is 1.55 bits per heavy atom. The Balaban J connectivity index is 2.94. The van der Waals surface area contributed by atoms with Gasteiger partial charge in [-0.05, 0) is 14.0 Å². The van der Waals surface area contributed by atoms with Crippen LogP contribution in [-0.4, -0.2) is 78.8 Å². The molecule has 0 aromatic rings. The van der Waals surface area contributed by atoms with Gasteiger partial charge in [0.2, 0.25) is 0 Å². The highest BCUT2D eigenvalue weighted by atomic mass is 16.6. The van der Waals surface area contributed by atoms with Crippen LogP contribution in [0.3, 0.4) is 0 Å². The zero-order chi connectivity index (χ0) is 14.9. The summed E-state index contributed by atoms with van der Waals surface area (Å²) in [5.74, 6) is 0.455. The van der Waals surface area contributed by atoms with E-state index in [1.807, 2.05) is 7.05 Å². The second kappa shape index (κ2) is 16.3. The molecule has 0 spiro atoms. The van der Waals surface area contributed by atoms with Crippen LogP contribution in [0.5, 0.6) is 0 Å². The molecular formula is C13H29N3O4. The van der Waals surface area contributed by atoms with E-state index >= 15 is 0 Å². The quantitative estimate of drug-likeness (QED) is 0.221. The average Bonchev–Trinajstić information content (AvgIpc) is 2.43. The van der Waals surface area contributed by atoms with Crippen LogP contribution in [0.2, 0.25) is 0 Å². The van der Waals surface area contributed by atoms with Gasteiger partial charge in [-0.1, -0.05) is 0 Å². The summed E-state index contributed by atoms with van der Waals surface area (Å²) in [7, 11) is 1.90. The van der Waals surface area contributed by atoms with E-state index in [0.717, 1.165) is 6.54 Å². The van der Waals surface area contributed by atoms with Gasteiger partial charge < -0.3 is 29.6 Å². The van der Waals surface area contributed by atoms with E-state index in [9.17, 15) is 0 Å². The van der Waals surface area contributed by atoms with E-state index < -0.39 is 0 Å². The molecule has 0 aliphatic carbocycles. The molecular weight excluding hydrogens is 262 g/mol. The van der Waals surface area contributed by atoms with Gasteiger partial charge in [0.25, 0.3) is 0 Å². The van der Waals surface area contributed by atoms with Crippen LogP contribution < -0.4 is 10.6 Å². The van der Waals surface area contributed by atoms with E-state index in [4.69, 9.17) is 24.4 Å². The maximum Gasteiger partial charge on any atom is 0.0900 e. The van der Waals surface area contributed by atoms with Crippen molar-refractivity contribution < 1.29 is 18.9 Å². The molecule has 0 unspecified atom stereocenters. The van der Waals surface area contributed by atoms with Crippen LogP contribution in [0, 0.1) is 5.41 Å². The number of amidine groups is 1. The molecule has 0 saturated carbocycles. The van der Waals surface area contributed by atoms with Crippen LogP contribution in [0.4, 0.5) is 0 Å². The van der Waals surface area contributed by atoms with E-state index in [-0.39, 0.29) is 0 Å². The average molecular weight is 291 g/mol. The Kier molecular flexibility index (Phi) is 15.7. The summed E-state index contributed by atoms with van der Waals surface area (Å²) < 4.78 is 21.3. The van der Waals surface area contributed by atoms with Crippen molar-refractivity contribution in [3.63, 3.8) is 0 Å². The van der Waals surface area contributed by atoms with Gasteiger partial charge in [0.1, 0.15) is 0 Å². The van der Waals surface area contributed by atoms with Gasteiger partial charge in [-0.2, -0.15) is 0 Å². The fourth-order valence-corrected chi connectivity index (χ4v) is 1.25. The van der Waals surface area contributed by atoms with Crippen molar-refractivity contribution >= 4 is 5.84 Å². The fraction of sp³-hybridized carbons (Fsp3) is 0.923. The molecule has 20 heavy (non-hydrogen) atoms. The molecule has 0 aliphatic rings. The Bertz CT molecular complexity index is 218. The second-order valence-electron chi connectivity index (χ2n) is 4.10. The Morgan fingerprint density at radius 1 is 0.750 bits per heavy atom. The molecule has 0 atom stereocenters. The molecule has 7 heteroatoms. The smallest absolute Gasteiger partial charge is 0.0900 e. The monoisotopic (exact) mass is 291 g/mol. The number of hydrogen-bond donors (Lipinski definition) is 3. The van der Waals surface area contributed by atoms with Crippen molar-refractivity contribution in [2.24, 2.45) is 0 Å². The predicted molar refractivity (Wildman–Crippen MR) is 78.6 cm³/mol. The molecule has 120 valence electrons. The van der Waals surface area contributed by atoms with E-state index in [1.165, 1.54) is 0 Å². The van der Waals surface area contributed by atoms with Crippen molar-refractivity contribution in [2.75, 3.05) is 73.0 Å². The molecule has 0 rings (SSSR count). The molecule has 0 aromatic heterocycles. The molecule has 0 aliphatic heterocycles. The number of nitrogens with one attached hydrogen (secondary N) is 3. The summed E-state index contributed by atoms with van der Waals surface area (Å²) in [5.41, 5.74) is 0. The topological polar surface area (TPSA) is 84.8 Å². The van der Waals surface area contributed by atoms with Crippen molar-refractivity contribution in [1.82, 2.24) is 10.6 Å². The lowest BCUT2D eigenvalue weighted by Gasteiger charge is -2.08. The van der Waals surface area contributed by atoms with Crippen molar-refractivity contribution in [1.29, 1.82) is 5.41 Å². The summed E-state index contributed by atoms with van der Waals surface area (Å²) in [4.78, 5) is 0. The summed E-state index contributed by atoms with van der Waals surface area (Å²) >= 11 is 0. The molecule has 0 amide bonds. The highest BCUT2D eigenvalue weighted by molar-refractivity contribution is 5.75. The minimum atomic E-state index is 0.455. The van der Waals surface area contributed by atoms with Gasteiger partial charge in [0.15, 0.2) is 0 Å². The molecule has 0 aromatic carbocycles. The fourth-order valence-electron chi connectivity index (χ4n) is 1.25. The summed E-state index contributed by atoms with van der Waals surface area (Å²) in [5, 5.41) is 13.0. The Morgan fingerprint density at radius 2 is 1.15 bits per heavy atom. The van der Waals surface area contributed by atoms with Gasteiger partial charge in [-0.25, -0.2) is 0 Å². The van der Waals surface area contributed by atoms with E-state index in [2.05, 4.69) is 10.6 Å². The number of hydrogen-bond acceptors (Lipinski definition) is 6. The summed E-state index contributed by atoms with van der Waals surface area (Å²) in [6.45, 7) is 7.99. The first-order valence-corrected chi connectivity index (χ1v) is 7.02. The molecule has 0 fully saturated rings. The van der Waals surface area contributed by atoms with E-state index in [0.29, 0.717) is 65.2 Å². The second-order valence-corrected chi connectivity index (χ2v) is 4.10. The first-order chi connectivity index (χ1) is 9.77. The standard InChI is InChI=1S/C13H29N3O4/c1-13(14)16-4-6-18-8-10-20-12-11-19-9-7-17-5-3-15-2/h15H,3-12H2,1-2H3,(H2,14,16). The minimum absolute atomic E-state index is 0.455. The van der Waals surface area contributed by atoms with Gasteiger partial charge in [0.05, 0.1) is 58.7 Å². The Hall–Kier alpha value is -0.730. The van der Waals surface area contributed by atoms with Gasteiger partial charge in [-0.3, -0.25) is 5.41 Å². The highest BCUT2D eigenvalue weighted by Crippen LogP contribution is 1.82. The maximum atomic E-state index is 7.15. The molecule has 0 radical (unpaired) electrons. The molecule has 0 heterocycles. The third-order valence-electron chi connectivity index (χ3n) is 2.25. The van der Waals surface area contributed by atoms with Crippen molar-refractivity contribution in [3.05, 3.63) is 0 Å². The number of rotatable bonds is 15. The van der Waals surface area contributed by atoms with Crippen LogP contribution in [0.1, 0.15) is 6.92 Å². The first kappa shape index (κ1) is 19.3. The highest BCUT2D eigenvalue weighted by Gasteiger charge is 1.93. The van der Waals surface area contributed by atoms with Crippen molar-refractivity contribution in [2.45, 2.75) is 6.92 Å². The number of likely N-dealkylation sites (N-methyl/N-ethyl adjacent to an activating group) is 1. The number of ether oxygens (including phenoxy) is 4. The Labute approximate surface area is 121 Å².